The minimum atomic E-state index is -0.342. The highest BCUT2D eigenvalue weighted by Gasteiger charge is 2.39. The lowest BCUT2D eigenvalue weighted by atomic mass is 9.68. The van der Waals surface area contributed by atoms with Crippen molar-refractivity contribution in [1.29, 1.82) is 0 Å². The average Bonchev–Trinajstić information content (AvgIpc) is 2.82. The Kier molecular flexibility index (Phi) is 9.25. The molecule has 0 saturated carbocycles. The SMILES string of the molecule is CCOC(=O)CNCC(=O)C(Cc1ccccc1)CN1CCC(C)(c2cccc(O)c2)C(C)C1. The van der Waals surface area contributed by atoms with Gasteiger partial charge in [0, 0.05) is 19.0 Å². The van der Waals surface area contributed by atoms with Crippen molar-refractivity contribution >= 4 is 11.8 Å². The Morgan fingerprint density at radius 1 is 1.18 bits per heavy atom. The number of ether oxygens (including phenoxy) is 1. The first-order valence-corrected chi connectivity index (χ1v) is 12.3. The fourth-order valence-corrected chi connectivity index (χ4v) is 4.91. The molecule has 1 fully saturated rings. The molecular weight excluding hydrogens is 428 g/mol. The number of nitrogens with one attached hydrogen (secondary N) is 1. The number of carbonyl (C=O) groups is 2. The topological polar surface area (TPSA) is 78.9 Å². The normalized spacial score (nSPS) is 21.7. The minimum absolute atomic E-state index is 0.0185. The van der Waals surface area contributed by atoms with E-state index < -0.39 is 0 Å². The lowest BCUT2D eigenvalue weighted by Crippen LogP contribution is -2.50. The number of hydrogen-bond acceptors (Lipinski definition) is 6. The molecule has 0 amide bonds. The second-order valence-corrected chi connectivity index (χ2v) is 9.64. The molecule has 2 aromatic carbocycles. The fraction of sp³-hybridized carbons (Fsp3) is 0.500. The van der Waals surface area contributed by atoms with E-state index >= 15 is 0 Å². The molecule has 1 heterocycles. The molecule has 0 spiro atoms. The molecule has 1 aliphatic rings. The summed E-state index contributed by atoms with van der Waals surface area (Å²) in [6.45, 7) is 9.30. The van der Waals surface area contributed by atoms with Gasteiger partial charge in [0.2, 0.25) is 0 Å². The highest BCUT2D eigenvalue weighted by atomic mass is 16.5. The van der Waals surface area contributed by atoms with Crippen molar-refractivity contribution < 1.29 is 19.4 Å². The van der Waals surface area contributed by atoms with Crippen LogP contribution in [-0.4, -0.2) is 61.1 Å². The Morgan fingerprint density at radius 3 is 2.62 bits per heavy atom. The molecule has 0 aliphatic carbocycles. The van der Waals surface area contributed by atoms with Crippen molar-refractivity contribution in [3.8, 4) is 5.75 Å². The first-order valence-electron chi connectivity index (χ1n) is 12.3. The van der Waals surface area contributed by atoms with Gasteiger partial charge in [-0.15, -0.1) is 0 Å². The highest BCUT2D eigenvalue weighted by Crippen LogP contribution is 2.40. The zero-order valence-electron chi connectivity index (χ0n) is 20.6. The molecule has 184 valence electrons. The van der Waals surface area contributed by atoms with E-state index in [1.54, 1.807) is 13.0 Å². The zero-order chi connectivity index (χ0) is 24.6. The summed E-state index contributed by atoms with van der Waals surface area (Å²) in [6.07, 6.45) is 1.64. The van der Waals surface area contributed by atoms with E-state index in [4.69, 9.17) is 4.74 Å². The van der Waals surface area contributed by atoms with Crippen molar-refractivity contribution in [3.05, 3.63) is 65.7 Å². The Morgan fingerprint density at radius 2 is 1.94 bits per heavy atom. The predicted molar refractivity (Wildman–Crippen MR) is 134 cm³/mol. The van der Waals surface area contributed by atoms with Crippen molar-refractivity contribution in [2.24, 2.45) is 11.8 Å². The number of phenols is 1. The van der Waals surface area contributed by atoms with E-state index in [0.717, 1.165) is 25.1 Å². The quantitative estimate of drug-likeness (QED) is 0.493. The molecule has 0 aromatic heterocycles. The molecule has 1 aliphatic heterocycles. The monoisotopic (exact) mass is 466 g/mol. The summed E-state index contributed by atoms with van der Waals surface area (Å²) in [6, 6.07) is 17.7. The molecule has 0 radical (unpaired) electrons. The molecular formula is C28H38N2O4. The van der Waals surface area contributed by atoms with Crippen LogP contribution >= 0.6 is 0 Å². The molecule has 0 bridgehead atoms. The van der Waals surface area contributed by atoms with Gasteiger partial charge < -0.3 is 20.1 Å². The molecule has 6 nitrogen and oxygen atoms in total. The van der Waals surface area contributed by atoms with E-state index in [1.165, 1.54) is 5.56 Å². The van der Waals surface area contributed by atoms with Crippen LogP contribution in [0.5, 0.6) is 5.75 Å². The molecule has 3 atom stereocenters. The third kappa shape index (κ3) is 6.90. The Hall–Kier alpha value is -2.70. The first-order chi connectivity index (χ1) is 16.3. The van der Waals surface area contributed by atoms with Crippen LogP contribution in [0.15, 0.2) is 54.6 Å². The van der Waals surface area contributed by atoms with Gasteiger partial charge in [0.05, 0.1) is 19.7 Å². The summed E-state index contributed by atoms with van der Waals surface area (Å²) < 4.78 is 4.94. The third-order valence-corrected chi connectivity index (χ3v) is 7.21. The number of likely N-dealkylation sites (tertiary alicyclic amines) is 1. The third-order valence-electron chi connectivity index (χ3n) is 7.21. The molecule has 3 unspecified atom stereocenters. The molecule has 6 heteroatoms. The number of aromatic hydroxyl groups is 1. The lowest BCUT2D eigenvalue weighted by Gasteiger charge is -2.45. The molecule has 3 rings (SSSR count). The van der Waals surface area contributed by atoms with E-state index in [1.807, 2.05) is 30.3 Å². The van der Waals surface area contributed by atoms with E-state index in [0.29, 0.717) is 31.2 Å². The van der Waals surface area contributed by atoms with E-state index in [-0.39, 0.29) is 36.2 Å². The van der Waals surface area contributed by atoms with Gasteiger partial charge in [0.25, 0.3) is 0 Å². The standard InChI is InChI=1S/C28H38N2O4/c1-4-34-27(33)18-29-17-26(32)23(15-22-9-6-5-7-10-22)20-30-14-13-28(3,21(2)19-30)24-11-8-12-25(31)16-24/h5-12,16,21,23,29,31H,4,13-15,17-20H2,1-3H3. The average molecular weight is 467 g/mol. The van der Waals surface area contributed by atoms with Gasteiger partial charge in [0.1, 0.15) is 5.75 Å². The summed E-state index contributed by atoms with van der Waals surface area (Å²) in [7, 11) is 0. The maximum absolute atomic E-state index is 13.2. The minimum Gasteiger partial charge on any atom is -0.508 e. The summed E-state index contributed by atoms with van der Waals surface area (Å²) in [5.74, 6) is 0.289. The highest BCUT2D eigenvalue weighted by molar-refractivity contribution is 5.84. The van der Waals surface area contributed by atoms with Crippen molar-refractivity contribution in [2.45, 2.75) is 39.0 Å². The number of ketones is 1. The lowest BCUT2D eigenvalue weighted by molar-refractivity contribution is -0.142. The van der Waals surface area contributed by atoms with Crippen LogP contribution in [0.1, 0.15) is 38.3 Å². The van der Waals surface area contributed by atoms with E-state index in [9.17, 15) is 14.7 Å². The summed E-state index contributed by atoms with van der Waals surface area (Å²) in [5, 5.41) is 12.9. The van der Waals surface area contributed by atoms with Gasteiger partial charge in [-0.1, -0.05) is 56.3 Å². The second-order valence-electron chi connectivity index (χ2n) is 9.64. The fourth-order valence-electron chi connectivity index (χ4n) is 4.91. The van der Waals surface area contributed by atoms with Crippen molar-refractivity contribution in [2.75, 3.05) is 39.3 Å². The van der Waals surface area contributed by atoms with Crippen LogP contribution in [0.2, 0.25) is 0 Å². The number of Topliss-reactive ketones (excluding diaryl/α,β-unsaturated/α-hetero) is 1. The predicted octanol–water partition coefficient (Wildman–Crippen LogP) is 3.57. The maximum atomic E-state index is 13.2. The smallest absolute Gasteiger partial charge is 0.319 e. The summed E-state index contributed by atoms with van der Waals surface area (Å²) in [5.41, 5.74) is 2.29. The molecule has 2 aromatic rings. The van der Waals surface area contributed by atoms with E-state index in [2.05, 4.69) is 42.3 Å². The van der Waals surface area contributed by atoms with Gasteiger partial charge >= 0.3 is 5.97 Å². The molecule has 1 saturated heterocycles. The summed E-state index contributed by atoms with van der Waals surface area (Å²) in [4.78, 5) is 27.2. The number of phenolic OH excluding ortho intramolecular Hbond substituents is 1. The van der Waals surface area contributed by atoms with Crippen LogP contribution in [0.25, 0.3) is 0 Å². The maximum Gasteiger partial charge on any atom is 0.319 e. The number of esters is 1. The van der Waals surface area contributed by atoms with Gasteiger partial charge in [-0.05, 0) is 60.9 Å². The van der Waals surface area contributed by atoms with Gasteiger partial charge in [-0.3, -0.25) is 9.59 Å². The number of benzene rings is 2. The van der Waals surface area contributed by atoms with Gasteiger partial charge in [-0.2, -0.15) is 0 Å². The summed E-state index contributed by atoms with van der Waals surface area (Å²) >= 11 is 0. The Balaban J connectivity index is 1.65. The van der Waals surface area contributed by atoms with Gasteiger partial charge in [-0.25, -0.2) is 0 Å². The van der Waals surface area contributed by atoms with Crippen LogP contribution in [0.4, 0.5) is 0 Å². The van der Waals surface area contributed by atoms with Crippen molar-refractivity contribution in [1.82, 2.24) is 10.2 Å². The first kappa shape index (κ1) is 25.9. The van der Waals surface area contributed by atoms with Crippen LogP contribution in [0, 0.1) is 11.8 Å². The number of rotatable bonds is 11. The van der Waals surface area contributed by atoms with Crippen LogP contribution in [0.3, 0.4) is 0 Å². The largest absolute Gasteiger partial charge is 0.508 e. The number of carbonyl (C=O) groups excluding carboxylic acids is 2. The van der Waals surface area contributed by atoms with Crippen LogP contribution in [-0.2, 0) is 26.2 Å². The second kappa shape index (κ2) is 12.1. The van der Waals surface area contributed by atoms with Crippen molar-refractivity contribution in [3.63, 3.8) is 0 Å². The Labute approximate surface area is 203 Å². The molecule has 34 heavy (non-hydrogen) atoms. The number of nitrogens with zero attached hydrogens (tertiary/aromatic N) is 1. The van der Waals surface area contributed by atoms with Crippen LogP contribution < -0.4 is 5.32 Å². The number of hydrogen-bond donors (Lipinski definition) is 2. The molecule has 2 N–H and O–H groups in total. The van der Waals surface area contributed by atoms with Gasteiger partial charge in [0.15, 0.2) is 5.78 Å². The number of piperidine rings is 1. The zero-order valence-corrected chi connectivity index (χ0v) is 20.6. The Bertz CT molecular complexity index is 948.